The van der Waals surface area contributed by atoms with Gasteiger partial charge in [0.15, 0.2) is 11.2 Å². The summed E-state index contributed by atoms with van der Waals surface area (Å²) in [5.41, 5.74) is 4.67. The highest BCUT2D eigenvalue weighted by Gasteiger charge is 2.20. The average Bonchev–Trinajstić information content (AvgIpc) is 3.13. The Morgan fingerprint density at radius 1 is 0.818 bits per heavy atom. The number of H-pyrrole nitrogens is 1. The van der Waals surface area contributed by atoms with Crippen molar-refractivity contribution in [3.63, 3.8) is 0 Å². The number of hydrogen-bond donors (Lipinski definition) is 1. The number of nitrogens with one attached hydrogen (secondary N) is 1. The number of halogens is 3. The van der Waals surface area contributed by atoms with Crippen molar-refractivity contribution in [1.29, 1.82) is 0 Å². The summed E-state index contributed by atoms with van der Waals surface area (Å²) in [6.07, 6.45) is 0. The van der Waals surface area contributed by atoms with Crippen LogP contribution in [0.3, 0.4) is 0 Å². The van der Waals surface area contributed by atoms with Gasteiger partial charge in [-0.25, -0.2) is 9.97 Å². The van der Waals surface area contributed by atoms with Gasteiger partial charge in [0.2, 0.25) is 0 Å². The van der Waals surface area contributed by atoms with Gasteiger partial charge in [-0.15, -0.1) is 0 Å². The molecule has 0 fully saturated rings. The van der Waals surface area contributed by atoms with Gasteiger partial charge >= 0.3 is 0 Å². The maximum Gasteiger partial charge on any atom is 0.277 e. The molecule has 0 saturated heterocycles. The summed E-state index contributed by atoms with van der Waals surface area (Å²) in [5.74, 6) is 0.908. The SMILES string of the molecule is Cc1cc(C)cc(-n2c(-c3ccc(Cl)cc3)nc3nc(-c4ccc(Cl)cc4Cl)[nH]c(=O)c32)c1. The van der Waals surface area contributed by atoms with E-state index in [2.05, 4.69) is 16.0 Å². The molecule has 0 aliphatic rings. The van der Waals surface area contributed by atoms with Crippen molar-refractivity contribution in [2.24, 2.45) is 0 Å². The van der Waals surface area contributed by atoms with Crippen LogP contribution in [0, 0.1) is 13.8 Å². The lowest BCUT2D eigenvalue weighted by Crippen LogP contribution is -2.13. The molecule has 5 nitrogen and oxygen atoms in total. The maximum atomic E-state index is 13.4. The van der Waals surface area contributed by atoms with E-state index in [1.807, 2.05) is 42.7 Å². The van der Waals surface area contributed by atoms with Crippen molar-refractivity contribution in [3.05, 3.63) is 97.2 Å². The molecular weight excluding hydrogens is 479 g/mol. The van der Waals surface area contributed by atoms with Gasteiger partial charge in [0.05, 0.1) is 5.02 Å². The summed E-state index contributed by atoms with van der Waals surface area (Å²) < 4.78 is 1.83. The molecule has 0 amide bonds. The monoisotopic (exact) mass is 494 g/mol. The minimum Gasteiger partial charge on any atom is -0.305 e. The van der Waals surface area contributed by atoms with E-state index in [9.17, 15) is 4.79 Å². The zero-order valence-corrected chi connectivity index (χ0v) is 19.9. The number of benzene rings is 3. The molecule has 33 heavy (non-hydrogen) atoms. The first-order chi connectivity index (χ1) is 15.8. The smallest absolute Gasteiger partial charge is 0.277 e. The first-order valence-electron chi connectivity index (χ1n) is 10.1. The van der Waals surface area contributed by atoms with Crippen LogP contribution in [0.25, 0.3) is 39.6 Å². The van der Waals surface area contributed by atoms with Gasteiger partial charge in [0.25, 0.3) is 5.56 Å². The van der Waals surface area contributed by atoms with E-state index in [0.29, 0.717) is 43.4 Å². The zero-order valence-electron chi connectivity index (χ0n) is 17.7. The Labute approximate surface area is 204 Å². The summed E-state index contributed by atoms with van der Waals surface area (Å²) in [6.45, 7) is 4.03. The molecule has 2 heterocycles. The quantitative estimate of drug-likeness (QED) is 0.292. The van der Waals surface area contributed by atoms with Gasteiger partial charge in [0.1, 0.15) is 11.6 Å². The Balaban J connectivity index is 1.83. The fourth-order valence-corrected chi connectivity index (χ4v) is 4.55. The van der Waals surface area contributed by atoms with Crippen molar-refractivity contribution in [2.75, 3.05) is 0 Å². The van der Waals surface area contributed by atoms with Crippen LogP contribution >= 0.6 is 34.8 Å². The summed E-state index contributed by atoms with van der Waals surface area (Å²) in [7, 11) is 0. The Morgan fingerprint density at radius 3 is 2.15 bits per heavy atom. The normalized spacial score (nSPS) is 11.3. The molecule has 0 radical (unpaired) electrons. The number of imidazole rings is 1. The summed E-state index contributed by atoms with van der Waals surface area (Å²) in [4.78, 5) is 25.6. The van der Waals surface area contributed by atoms with Crippen LogP contribution in [0.1, 0.15) is 11.1 Å². The molecule has 0 bridgehead atoms. The molecule has 0 aliphatic carbocycles. The van der Waals surface area contributed by atoms with Gasteiger partial charge in [-0.2, -0.15) is 0 Å². The first kappa shape index (κ1) is 21.7. The number of fused-ring (bicyclic) bond motifs is 1. The number of aryl methyl sites for hydroxylation is 2. The van der Waals surface area contributed by atoms with Crippen LogP contribution < -0.4 is 5.56 Å². The lowest BCUT2D eigenvalue weighted by Gasteiger charge is -2.11. The minimum absolute atomic E-state index is 0.309. The van der Waals surface area contributed by atoms with Crippen LogP contribution in [0.2, 0.25) is 15.1 Å². The summed E-state index contributed by atoms with van der Waals surface area (Å²) in [6, 6.07) is 18.4. The van der Waals surface area contributed by atoms with Crippen LogP contribution in [-0.4, -0.2) is 19.5 Å². The molecule has 0 saturated carbocycles. The predicted octanol–water partition coefficient (Wildman–Crippen LogP) is 7.02. The van der Waals surface area contributed by atoms with E-state index in [0.717, 1.165) is 22.4 Å². The van der Waals surface area contributed by atoms with Gasteiger partial charge in [-0.05, 0) is 79.6 Å². The minimum atomic E-state index is -0.326. The van der Waals surface area contributed by atoms with E-state index in [-0.39, 0.29) is 5.56 Å². The molecule has 0 unspecified atom stereocenters. The summed E-state index contributed by atoms with van der Waals surface area (Å²) in [5, 5.41) is 1.50. The van der Waals surface area contributed by atoms with Crippen molar-refractivity contribution >= 4 is 46.0 Å². The van der Waals surface area contributed by atoms with Gasteiger partial charge in [-0.1, -0.05) is 40.9 Å². The van der Waals surface area contributed by atoms with Crippen molar-refractivity contribution in [1.82, 2.24) is 19.5 Å². The van der Waals surface area contributed by atoms with Crippen molar-refractivity contribution in [2.45, 2.75) is 13.8 Å². The fourth-order valence-electron chi connectivity index (χ4n) is 3.92. The molecule has 8 heteroatoms. The molecule has 2 aromatic heterocycles. The number of hydrogen-bond acceptors (Lipinski definition) is 3. The van der Waals surface area contributed by atoms with E-state index in [4.69, 9.17) is 39.8 Å². The predicted molar refractivity (Wildman–Crippen MR) is 135 cm³/mol. The first-order valence-corrected chi connectivity index (χ1v) is 11.3. The van der Waals surface area contributed by atoms with Crippen molar-refractivity contribution < 1.29 is 0 Å². The number of aromatic amines is 1. The van der Waals surface area contributed by atoms with E-state index in [1.54, 1.807) is 30.3 Å². The van der Waals surface area contributed by atoms with Gasteiger partial charge < -0.3 is 4.98 Å². The summed E-state index contributed by atoms with van der Waals surface area (Å²) >= 11 is 18.5. The fraction of sp³-hybridized carbons (Fsp3) is 0.0800. The van der Waals surface area contributed by atoms with E-state index < -0.39 is 0 Å². The third-order valence-corrected chi connectivity index (χ3v) is 6.08. The molecule has 5 aromatic rings. The van der Waals surface area contributed by atoms with Crippen molar-refractivity contribution in [3.8, 4) is 28.5 Å². The molecule has 0 spiro atoms. The molecule has 5 rings (SSSR count). The lowest BCUT2D eigenvalue weighted by atomic mass is 10.1. The highest BCUT2D eigenvalue weighted by Crippen LogP contribution is 2.31. The molecule has 0 aliphatic heterocycles. The number of rotatable bonds is 3. The van der Waals surface area contributed by atoms with Crippen LogP contribution in [0.15, 0.2) is 65.5 Å². The maximum absolute atomic E-state index is 13.4. The zero-order chi connectivity index (χ0) is 23.3. The number of nitrogens with zero attached hydrogens (tertiary/aromatic N) is 3. The van der Waals surface area contributed by atoms with E-state index in [1.165, 1.54) is 0 Å². The molecule has 1 N–H and O–H groups in total. The second kappa shape index (κ2) is 8.34. The standard InChI is InChI=1S/C25H17Cl3N4O/c1-13-9-14(2)11-18(10-13)32-21-23(30-24(32)15-3-5-16(26)6-4-15)29-22(31-25(21)33)19-8-7-17(27)12-20(19)28/h3-12H,1-2H3,(H,29,31,33). The highest BCUT2D eigenvalue weighted by molar-refractivity contribution is 6.36. The van der Waals surface area contributed by atoms with Gasteiger partial charge in [0, 0.05) is 26.9 Å². The molecule has 164 valence electrons. The Morgan fingerprint density at radius 2 is 1.48 bits per heavy atom. The van der Waals surface area contributed by atoms with Crippen LogP contribution in [0.4, 0.5) is 0 Å². The van der Waals surface area contributed by atoms with E-state index >= 15 is 0 Å². The Hall–Kier alpha value is -3.12. The molecular formula is C25H17Cl3N4O. The second-order valence-corrected chi connectivity index (χ2v) is 9.11. The lowest BCUT2D eigenvalue weighted by molar-refractivity contribution is 1.07. The Bertz CT molecular complexity index is 1570. The number of aromatic nitrogens is 4. The topological polar surface area (TPSA) is 63.6 Å². The Kier molecular flexibility index (Phi) is 5.49. The van der Waals surface area contributed by atoms with Gasteiger partial charge in [-0.3, -0.25) is 9.36 Å². The third-order valence-electron chi connectivity index (χ3n) is 5.28. The van der Waals surface area contributed by atoms with Crippen LogP contribution in [-0.2, 0) is 0 Å². The third kappa shape index (κ3) is 4.04. The van der Waals surface area contributed by atoms with Crippen LogP contribution in [0.5, 0.6) is 0 Å². The second-order valence-electron chi connectivity index (χ2n) is 7.83. The molecule has 0 atom stereocenters. The molecule has 3 aromatic carbocycles. The highest BCUT2D eigenvalue weighted by atomic mass is 35.5. The largest absolute Gasteiger partial charge is 0.305 e. The average molecular weight is 496 g/mol.